The predicted molar refractivity (Wildman–Crippen MR) is 77.5 cm³/mol. The van der Waals surface area contributed by atoms with Gasteiger partial charge in [-0.1, -0.05) is 13.3 Å². The third kappa shape index (κ3) is 5.77. The van der Waals surface area contributed by atoms with Gasteiger partial charge in [0.2, 0.25) is 5.91 Å². The summed E-state index contributed by atoms with van der Waals surface area (Å²) < 4.78 is 5.22. The van der Waals surface area contributed by atoms with E-state index in [9.17, 15) is 9.59 Å². The van der Waals surface area contributed by atoms with Gasteiger partial charge in [-0.2, -0.15) is 0 Å². The lowest BCUT2D eigenvalue weighted by Gasteiger charge is -2.31. The third-order valence-corrected chi connectivity index (χ3v) is 3.00. The molecule has 2 amide bonds. The van der Waals surface area contributed by atoms with Crippen molar-refractivity contribution in [2.24, 2.45) is 0 Å². The molecule has 1 atom stereocenters. The molecule has 0 aromatic rings. The highest BCUT2D eigenvalue weighted by Gasteiger charge is 2.27. The first-order chi connectivity index (χ1) is 9.33. The van der Waals surface area contributed by atoms with Crippen LogP contribution in [0.2, 0.25) is 0 Å². The van der Waals surface area contributed by atoms with E-state index in [0.717, 1.165) is 19.5 Å². The van der Waals surface area contributed by atoms with Crippen LogP contribution in [0.1, 0.15) is 40.5 Å². The van der Waals surface area contributed by atoms with Gasteiger partial charge in [-0.15, -0.1) is 0 Å². The van der Waals surface area contributed by atoms with E-state index in [1.165, 1.54) is 0 Å². The average molecular weight is 285 g/mol. The number of amides is 2. The van der Waals surface area contributed by atoms with Crippen molar-refractivity contribution in [3.05, 3.63) is 0 Å². The fourth-order valence-electron chi connectivity index (χ4n) is 2.10. The monoisotopic (exact) mass is 285 g/mol. The van der Waals surface area contributed by atoms with Gasteiger partial charge >= 0.3 is 6.09 Å². The number of nitrogens with one attached hydrogen (secondary N) is 2. The van der Waals surface area contributed by atoms with Crippen LogP contribution in [-0.4, -0.2) is 54.7 Å². The lowest BCUT2D eigenvalue weighted by molar-refractivity contribution is -0.134. The second kappa shape index (κ2) is 7.47. The van der Waals surface area contributed by atoms with Gasteiger partial charge in [-0.3, -0.25) is 4.79 Å². The Bertz CT molecular complexity index is 333. The molecule has 116 valence electrons. The third-order valence-electron chi connectivity index (χ3n) is 3.00. The summed E-state index contributed by atoms with van der Waals surface area (Å²) in [5, 5.41) is 5.91. The van der Waals surface area contributed by atoms with Crippen LogP contribution in [0.4, 0.5) is 4.79 Å². The van der Waals surface area contributed by atoms with Gasteiger partial charge in [0, 0.05) is 26.2 Å². The topological polar surface area (TPSA) is 70.7 Å². The van der Waals surface area contributed by atoms with Crippen LogP contribution in [0.3, 0.4) is 0 Å². The minimum absolute atomic E-state index is 0.0146. The number of hydrogen-bond donors (Lipinski definition) is 2. The molecular formula is C14H27N3O3. The molecule has 20 heavy (non-hydrogen) atoms. The molecule has 0 aromatic carbocycles. The Morgan fingerprint density at radius 1 is 1.30 bits per heavy atom. The van der Waals surface area contributed by atoms with Crippen molar-refractivity contribution in [1.29, 1.82) is 0 Å². The number of piperazine rings is 1. The molecule has 6 heteroatoms. The van der Waals surface area contributed by atoms with E-state index in [-0.39, 0.29) is 5.91 Å². The number of hydrogen-bond acceptors (Lipinski definition) is 4. The van der Waals surface area contributed by atoms with Crippen molar-refractivity contribution in [2.45, 2.75) is 52.2 Å². The van der Waals surface area contributed by atoms with Crippen LogP contribution < -0.4 is 10.6 Å². The van der Waals surface area contributed by atoms with Crippen LogP contribution >= 0.6 is 0 Å². The fraction of sp³-hybridized carbons (Fsp3) is 0.857. The minimum Gasteiger partial charge on any atom is -0.444 e. The van der Waals surface area contributed by atoms with Crippen molar-refractivity contribution in [2.75, 3.05) is 26.2 Å². The van der Waals surface area contributed by atoms with E-state index in [0.29, 0.717) is 19.5 Å². The molecule has 1 fully saturated rings. The van der Waals surface area contributed by atoms with Crippen LogP contribution in [0, 0.1) is 0 Å². The molecule has 1 aliphatic rings. The van der Waals surface area contributed by atoms with Gasteiger partial charge in [0.05, 0.1) is 0 Å². The molecule has 1 aliphatic heterocycles. The lowest BCUT2D eigenvalue weighted by atomic mass is 10.1. The summed E-state index contributed by atoms with van der Waals surface area (Å²) in [6, 6.07) is -0.493. The van der Waals surface area contributed by atoms with Crippen LogP contribution in [0.15, 0.2) is 0 Å². The van der Waals surface area contributed by atoms with E-state index in [1.807, 2.05) is 6.92 Å². The molecule has 2 N–H and O–H groups in total. The Kier molecular flexibility index (Phi) is 6.26. The maximum Gasteiger partial charge on any atom is 0.408 e. The van der Waals surface area contributed by atoms with E-state index in [4.69, 9.17) is 4.74 Å². The number of nitrogens with zero attached hydrogens (tertiary/aromatic N) is 1. The smallest absolute Gasteiger partial charge is 0.408 e. The number of carbonyl (C=O) groups excluding carboxylic acids is 2. The first-order valence-corrected chi connectivity index (χ1v) is 7.32. The van der Waals surface area contributed by atoms with E-state index in [1.54, 1.807) is 25.7 Å². The molecule has 0 unspecified atom stereocenters. The SMILES string of the molecule is CCC[C@H](NC(=O)OC(C)(C)C)C(=O)N1CCNCC1. The maximum absolute atomic E-state index is 12.4. The Morgan fingerprint density at radius 3 is 2.40 bits per heavy atom. The highest BCUT2D eigenvalue weighted by molar-refractivity contribution is 5.85. The fourth-order valence-corrected chi connectivity index (χ4v) is 2.10. The number of ether oxygens (including phenoxy) is 1. The molecule has 6 nitrogen and oxygen atoms in total. The van der Waals surface area contributed by atoms with Gasteiger partial charge in [-0.05, 0) is 27.2 Å². The van der Waals surface area contributed by atoms with E-state index < -0.39 is 17.7 Å². The van der Waals surface area contributed by atoms with Crippen LogP contribution in [-0.2, 0) is 9.53 Å². The molecule has 1 rings (SSSR count). The summed E-state index contributed by atoms with van der Waals surface area (Å²) in [6.45, 7) is 10.4. The normalized spacial score (nSPS) is 17.5. The quantitative estimate of drug-likeness (QED) is 0.812. The Labute approximate surface area is 121 Å². The number of carbonyl (C=O) groups is 2. The van der Waals surface area contributed by atoms with Crippen molar-refractivity contribution in [3.8, 4) is 0 Å². The first-order valence-electron chi connectivity index (χ1n) is 7.32. The Morgan fingerprint density at radius 2 is 1.90 bits per heavy atom. The van der Waals surface area contributed by atoms with Crippen LogP contribution in [0.5, 0.6) is 0 Å². The van der Waals surface area contributed by atoms with Gasteiger partial charge in [-0.25, -0.2) is 4.79 Å². The van der Waals surface area contributed by atoms with Gasteiger partial charge in [0.1, 0.15) is 11.6 Å². The highest BCUT2D eigenvalue weighted by atomic mass is 16.6. The molecule has 0 bridgehead atoms. The summed E-state index contributed by atoms with van der Waals surface area (Å²) in [7, 11) is 0. The van der Waals surface area contributed by atoms with Crippen molar-refractivity contribution in [3.63, 3.8) is 0 Å². The molecular weight excluding hydrogens is 258 g/mol. The van der Waals surface area contributed by atoms with Crippen molar-refractivity contribution < 1.29 is 14.3 Å². The summed E-state index contributed by atoms with van der Waals surface area (Å²) in [5.41, 5.74) is -0.557. The minimum atomic E-state index is -0.557. The van der Waals surface area contributed by atoms with Gasteiger partial charge in [0.25, 0.3) is 0 Å². The van der Waals surface area contributed by atoms with Crippen molar-refractivity contribution >= 4 is 12.0 Å². The molecule has 0 aliphatic carbocycles. The van der Waals surface area contributed by atoms with E-state index >= 15 is 0 Å². The molecule has 0 radical (unpaired) electrons. The zero-order valence-electron chi connectivity index (χ0n) is 13.0. The summed E-state index contributed by atoms with van der Waals surface area (Å²) in [5.74, 6) is -0.0146. The Hall–Kier alpha value is -1.30. The summed E-state index contributed by atoms with van der Waals surface area (Å²) >= 11 is 0. The van der Waals surface area contributed by atoms with Gasteiger partial charge in [0.15, 0.2) is 0 Å². The van der Waals surface area contributed by atoms with E-state index in [2.05, 4.69) is 10.6 Å². The first kappa shape index (κ1) is 16.8. The molecule has 1 saturated heterocycles. The summed E-state index contributed by atoms with van der Waals surface area (Å²) in [4.78, 5) is 26.0. The van der Waals surface area contributed by atoms with Crippen LogP contribution in [0.25, 0.3) is 0 Å². The number of rotatable bonds is 4. The molecule has 0 saturated carbocycles. The zero-order valence-corrected chi connectivity index (χ0v) is 13.0. The largest absolute Gasteiger partial charge is 0.444 e. The lowest BCUT2D eigenvalue weighted by Crippen LogP contribution is -2.54. The van der Waals surface area contributed by atoms with Crippen molar-refractivity contribution in [1.82, 2.24) is 15.5 Å². The summed E-state index contributed by atoms with van der Waals surface area (Å²) in [6.07, 6.45) is 0.930. The second-order valence-electron chi connectivity index (χ2n) is 6.06. The molecule has 1 heterocycles. The Balaban J connectivity index is 2.58. The highest BCUT2D eigenvalue weighted by Crippen LogP contribution is 2.09. The standard InChI is InChI=1S/C14H27N3O3/c1-5-6-11(16-13(19)20-14(2,3)4)12(18)17-9-7-15-8-10-17/h11,15H,5-10H2,1-4H3,(H,16,19)/t11-/m0/s1. The van der Waals surface area contributed by atoms with Gasteiger partial charge < -0.3 is 20.3 Å². The average Bonchev–Trinajstić information content (AvgIpc) is 2.36. The maximum atomic E-state index is 12.4. The second-order valence-corrected chi connectivity index (χ2v) is 6.06. The number of alkyl carbamates (subject to hydrolysis) is 1. The zero-order chi connectivity index (χ0) is 15.2. The molecule has 0 aromatic heterocycles. The molecule has 0 spiro atoms. The predicted octanol–water partition coefficient (Wildman–Crippen LogP) is 1.11.